The summed E-state index contributed by atoms with van der Waals surface area (Å²) < 4.78 is 1.92. The van der Waals surface area contributed by atoms with Gasteiger partial charge in [0.2, 0.25) is 5.95 Å². The first-order chi connectivity index (χ1) is 8.79. The summed E-state index contributed by atoms with van der Waals surface area (Å²) in [5, 5.41) is 6.35. The zero-order chi connectivity index (χ0) is 12.5. The summed E-state index contributed by atoms with van der Waals surface area (Å²) in [5.74, 6) is 1.56. The molecule has 3 rings (SSSR count). The molecule has 96 valence electrons. The molecule has 0 radical (unpaired) electrons. The molecule has 2 aromatic heterocycles. The third kappa shape index (κ3) is 1.76. The zero-order valence-electron chi connectivity index (χ0n) is 10.6. The molecular formula is C11H17N7. The van der Waals surface area contributed by atoms with Gasteiger partial charge in [0.25, 0.3) is 0 Å². The molecule has 0 bridgehead atoms. The molecule has 0 amide bonds. The van der Waals surface area contributed by atoms with Gasteiger partial charge in [-0.15, -0.1) is 0 Å². The number of hydrogen-bond donors (Lipinski definition) is 2. The van der Waals surface area contributed by atoms with Crippen LogP contribution in [0.3, 0.4) is 0 Å². The Hall–Kier alpha value is -1.89. The van der Waals surface area contributed by atoms with Gasteiger partial charge in [-0.2, -0.15) is 9.97 Å². The van der Waals surface area contributed by atoms with E-state index in [2.05, 4.69) is 30.5 Å². The highest BCUT2D eigenvalue weighted by Gasteiger charge is 2.18. The van der Waals surface area contributed by atoms with Crippen molar-refractivity contribution in [2.45, 2.75) is 0 Å². The van der Waals surface area contributed by atoms with Crippen molar-refractivity contribution >= 4 is 22.9 Å². The largest absolute Gasteiger partial charge is 0.357 e. The first kappa shape index (κ1) is 11.2. The summed E-state index contributed by atoms with van der Waals surface area (Å²) in [4.78, 5) is 15.7. The summed E-state index contributed by atoms with van der Waals surface area (Å²) >= 11 is 0. The molecule has 0 aliphatic carbocycles. The van der Waals surface area contributed by atoms with Gasteiger partial charge in [-0.1, -0.05) is 0 Å². The Morgan fingerprint density at radius 3 is 2.78 bits per heavy atom. The third-order valence-corrected chi connectivity index (χ3v) is 3.18. The quantitative estimate of drug-likeness (QED) is 0.767. The molecule has 0 saturated carbocycles. The molecule has 18 heavy (non-hydrogen) atoms. The minimum Gasteiger partial charge on any atom is -0.357 e. The lowest BCUT2D eigenvalue weighted by atomic mass is 10.3. The summed E-state index contributed by atoms with van der Waals surface area (Å²) in [6.45, 7) is 3.86. The lowest BCUT2D eigenvalue weighted by Gasteiger charge is -2.28. The number of aryl methyl sites for hydroxylation is 1. The number of nitrogens with zero attached hydrogens (tertiary/aromatic N) is 5. The predicted molar refractivity (Wildman–Crippen MR) is 70.9 cm³/mol. The molecule has 1 aliphatic rings. The maximum Gasteiger partial charge on any atom is 0.226 e. The fourth-order valence-corrected chi connectivity index (χ4v) is 2.20. The van der Waals surface area contributed by atoms with Crippen LogP contribution in [0.25, 0.3) is 11.2 Å². The summed E-state index contributed by atoms with van der Waals surface area (Å²) in [6, 6.07) is 0. The van der Waals surface area contributed by atoms with Crippen LogP contribution in [0, 0.1) is 0 Å². The van der Waals surface area contributed by atoms with E-state index in [0.29, 0.717) is 5.95 Å². The molecule has 1 saturated heterocycles. The molecule has 0 spiro atoms. The van der Waals surface area contributed by atoms with E-state index in [1.807, 2.05) is 18.7 Å². The highest BCUT2D eigenvalue weighted by atomic mass is 15.3. The lowest BCUT2D eigenvalue weighted by molar-refractivity contribution is 0.586. The molecule has 2 aromatic rings. The second-order valence-electron chi connectivity index (χ2n) is 4.39. The number of hydrogen-bond acceptors (Lipinski definition) is 6. The van der Waals surface area contributed by atoms with Crippen molar-refractivity contribution in [1.29, 1.82) is 0 Å². The average molecular weight is 247 g/mol. The molecule has 7 heteroatoms. The summed E-state index contributed by atoms with van der Waals surface area (Å²) in [7, 11) is 3.78. The van der Waals surface area contributed by atoms with E-state index in [4.69, 9.17) is 0 Å². The molecule has 0 aromatic carbocycles. The van der Waals surface area contributed by atoms with Crippen LogP contribution >= 0.6 is 0 Å². The fourth-order valence-electron chi connectivity index (χ4n) is 2.20. The molecule has 2 N–H and O–H groups in total. The first-order valence-corrected chi connectivity index (χ1v) is 6.12. The Kier molecular flexibility index (Phi) is 2.75. The van der Waals surface area contributed by atoms with E-state index >= 15 is 0 Å². The lowest BCUT2D eigenvalue weighted by Crippen LogP contribution is -2.44. The molecule has 1 fully saturated rings. The van der Waals surface area contributed by atoms with E-state index < -0.39 is 0 Å². The van der Waals surface area contributed by atoms with Gasteiger partial charge < -0.3 is 20.1 Å². The predicted octanol–water partition coefficient (Wildman–Crippen LogP) is -0.185. The van der Waals surface area contributed by atoms with Crippen LogP contribution in [0.4, 0.5) is 11.8 Å². The number of rotatable bonds is 2. The number of nitrogens with one attached hydrogen (secondary N) is 2. The molecule has 1 aliphatic heterocycles. The van der Waals surface area contributed by atoms with Crippen molar-refractivity contribution in [3.8, 4) is 0 Å². The van der Waals surface area contributed by atoms with Crippen LogP contribution in [0.15, 0.2) is 6.33 Å². The molecular weight excluding hydrogens is 230 g/mol. The van der Waals surface area contributed by atoms with Crippen LogP contribution in [0.1, 0.15) is 0 Å². The van der Waals surface area contributed by atoms with Crippen LogP contribution in [0.5, 0.6) is 0 Å². The first-order valence-electron chi connectivity index (χ1n) is 6.12. The van der Waals surface area contributed by atoms with Crippen molar-refractivity contribution in [3.63, 3.8) is 0 Å². The standard InChI is InChI=1S/C11H17N7/c1-12-11-15-9-8(14-7-17(9)2)10(16-11)18-5-3-13-4-6-18/h7,13H,3-6H2,1-2H3,(H,12,15,16). The van der Waals surface area contributed by atoms with Gasteiger partial charge in [0.1, 0.15) is 0 Å². The van der Waals surface area contributed by atoms with Crippen molar-refractivity contribution < 1.29 is 0 Å². The summed E-state index contributed by atoms with van der Waals surface area (Å²) in [6.07, 6.45) is 1.78. The van der Waals surface area contributed by atoms with Gasteiger partial charge in [-0.05, 0) is 0 Å². The van der Waals surface area contributed by atoms with Gasteiger partial charge >= 0.3 is 0 Å². The minimum absolute atomic E-state index is 0.639. The van der Waals surface area contributed by atoms with Crippen molar-refractivity contribution in [2.75, 3.05) is 43.4 Å². The molecule has 3 heterocycles. The van der Waals surface area contributed by atoms with Gasteiger partial charge in [-0.3, -0.25) is 0 Å². The Bertz CT molecular complexity index is 556. The second kappa shape index (κ2) is 4.41. The van der Waals surface area contributed by atoms with E-state index in [9.17, 15) is 0 Å². The van der Waals surface area contributed by atoms with Crippen molar-refractivity contribution in [1.82, 2.24) is 24.8 Å². The van der Waals surface area contributed by atoms with E-state index in [1.165, 1.54) is 0 Å². The van der Waals surface area contributed by atoms with Gasteiger partial charge in [0.05, 0.1) is 6.33 Å². The average Bonchev–Trinajstić information content (AvgIpc) is 2.80. The van der Waals surface area contributed by atoms with Crippen LogP contribution < -0.4 is 15.5 Å². The second-order valence-corrected chi connectivity index (χ2v) is 4.39. The number of anilines is 2. The van der Waals surface area contributed by atoms with Gasteiger partial charge in [0, 0.05) is 40.3 Å². The van der Waals surface area contributed by atoms with Crippen LogP contribution in [0.2, 0.25) is 0 Å². The third-order valence-electron chi connectivity index (χ3n) is 3.18. The topological polar surface area (TPSA) is 70.9 Å². The van der Waals surface area contributed by atoms with Gasteiger partial charge in [-0.25, -0.2) is 4.98 Å². The van der Waals surface area contributed by atoms with E-state index in [-0.39, 0.29) is 0 Å². The number of fused-ring (bicyclic) bond motifs is 1. The maximum atomic E-state index is 4.56. The smallest absolute Gasteiger partial charge is 0.226 e. The maximum absolute atomic E-state index is 4.56. The zero-order valence-corrected chi connectivity index (χ0v) is 10.6. The van der Waals surface area contributed by atoms with Gasteiger partial charge in [0.15, 0.2) is 17.0 Å². The normalized spacial score (nSPS) is 16.2. The molecule has 0 unspecified atom stereocenters. The number of piperazine rings is 1. The highest BCUT2D eigenvalue weighted by Crippen LogP contribution is 2.23. The molecule has 7 nitrogen and oxygen atoms in total. The highest BCUT2D eigenvalue weighted by molar-refractivity contribution is 5.84. The Balaban J connectivity index is 2.13. The number of imidazole rings is 1. The van der Waals surface area contributed by atoms with E-state index in [0.717, 1.165) is 43.2 Å². The van der Waals surface area contributed by atoms with Crippen molar-refractivity contribution in [2.24, 2.45) is 7.05 Å². The van der Waals surface area contributed by atoms with Crippen LogP contribution in [-0.4, -0.2) is 52.7 Å². The summed E-state index contributed by atoms with van der Waals surface area (Å²) in [5.41, 5.74) is 1.74. The SMILES string of the molecule is CNc1nc(N2CCNCC2)c2ncn(C)c2n1. The van der Waals surface area contributed by atoms with Crippen LogP contribution in [-0.2, 0) is 7.05 Å². The number of aromatic nitrogens is 4. The van der Waals surface area contributed by atoms with Crippen molar-refractivity contribution in [3.05, 3.63) is 6.33 Å². The fraction of sp³-hybridized carbons (Fsp3) is 0.545. The Morgan fingerprint density at radius 1 is 1.28 bits per heavy atom. The Labute approximate surface area is 105 Å². The minimum atomic E-state index is 0.639. The molecule has 0 atom stereocenters. The monoisotopic (exact) mass is 247 g/mol. The Morgan fingerprint density at radius 2 is 2.06 bits per heavy atom. The van der Waals surface area contributed by atoms with E-state index in [1.54, 1.807) is 6.33 Å².